The zero-order valence-corrected chi connectivity index (χ0v) is 17.0. The van der Waals surface area contributed by atoms with E-state index in [1.54, 1.807) is 6.07 Å². The average Bonchev–Trinajstić information content (AvgIpc) is 3.39. The SMILES string of the molecule is CCc1ccc(NC(=O)c2cccc3c2OCC3)cc1-c1nc2ncc(C)cc2[nH]1. The predicted octanol–water partition coefficient (Wildman–Crippen LogP) is 4.68. The zero-order chi connectivity index (χ0) is 20.7. The third kappa shape index (κ3) is 3.20. The molecule has 2 aromatic carbocycles. The van der Waals surface area contributed by atoms with Gasteiger partial charge in [-0.1, -0.05) is 25.1 Å². The number of nitrogens with zero attached hydrogens (tertiary/aromatic N) is 2. The number of para-hydroxylation sites is 1. The van der Waals surface area contributed by atoms with Crippen LogP contribution in [-0.4, -0.2) is 27.5 Å². The number of anilines is 1. The Morgan fingerprint density at radius 1 is 1.23 bits per heavy atom. The second-order valence-corrected chi connectivity index (χ2v) is 7.54. The van der Waals surface area contributed by atoms with Crippen LogP contribution in [0.15, 0.2) is 48.7 Å². The Morgan fingerprint density at radius 2 is 2.13 bits per heavy atom. The number of carbonyl (C=O) groups excluding carboxylic acids is 1. The Kier molecular flexibility index (Phi) is 4.47. The number of aromatic amines is 1. The molecule has 0 bridgehead atoms. The number of carbonyl (C=O) groups is 1. The van der Waals surface area contributed by atoms with Crippen molar-refractivity contribution in [3.8, 4) is 17.1 Å². The number of aryl methyl sites for hydroxylation is 2. The van der Waals surface area contributed by atoms with Crippen molar-refractivity contribution in [2.24, 2.45) is 0 Å². The van der Waals surface area contributed by atoms with E-state index in [0.29, 0.717) is 29.3 Å². The van der Waals surface area contributed by atoms with Crippen LogP contribution in [-0.2, 0) is 12.8 Å². The van der Waals surface area contributed by atoms with Crippen molar-refractivity contribution < 1.29 is 9.53 Å². The molecule has 0 spiro atoms. The van der Waals surface area contributed by atoms with Crippen LogP contribution in [0, 0.1) is 6.92 Å². The molecule has 2 N–H and O–H groups in total. The maximum atomic E-state index is 12.9. The number of ether oxygens (including phenoxy) is 1. The van der Waals surface area contributed by atoms with Gasteiger partial charge in [-0.3, -0.25) is 4.79 Å². The van der Waals surface area contributed by atoms with Crippen molar-refractivity contribution in [1.29, 1.82) is 0 Å². The summed E-state index contributed by atoms with van der Waals surface area (Å²) >= 11 is 0. The first kappa shape index (κ1) is 18.4. The van der Waals surface area contributed by atoms with E-state index in [2.05, 4.69) is 27.2 Å². The highest BCUT2D eigenvalue weighted by molar-refractivity contribution is 6.06. The van der Waals surface area contributed by atoms with Gasteiger partial charge in [0, 0.05) is 23.9 Å². The minimum Gasteiger partial charge on any atom is -0.492 e. The number of aromatic nitrogens is 3. The van der Waals surface area contributed by atoms with E-state index in [-0.39, 0.29) is 5.91 Å². The highest BCUT2D eigenvalue weighted by atomic mass is 16.5. The molecule has 6 nitrogen and oxygen atoms in total. The molecule has 4 aromatic rings. The van der Waals surface area contributed by atoms with E-state index in [9.17, 15) is 4.79 Å². The number of hydrogen-bond donors (Lipinski definition) is 2. The van der Waals surface area contributed by atoms with Crippen molar-refractivity contribution >= 4 is 22.8 Å². The zero-order valence-electron chi connectivity index (χ0n) is 17.0. The van der Waals surface area contributed by atoms with Gasteiger partial charge >= 0.3 is 0 Å². The van der Waals surface area contributed by atoms with Gasteiger partial charge in [0.05, 0.1) is 17.7 Å². The van der Waals surface area contributed by atoms with Gasteiger partial charge < -0.3 is 15.0 Å². The number of benzene rings is 2. The molecule has 2 aromatic heterocycles. The number of imidazole rings is 1. The Hall–Kier alpha value is -3.67. The molecule has 6 heteroatoms. The van der Waals surface area contributed by atoms with Gasteiger partial charge in [0.2, 0.25) is 0 Å². The van der Waals surface area contributed by atoms with Crippen molar-refractivity contribution in [3.05, 3.63) is 70.9 Å². The summed E-state index contributed by atoms with van der Waals surface area (Å²) in [6, 6.07) is 13.7. The van der Waals surface area contributed by atoms with Crippen LogP contribution in [0.5, 0.6) is 5.75 Å². The molecule has 0 unspecified atom stereocenters. The first-order valence-electron chi connectivity index (χ1n) is 10.1. The van der Waals surface area contributed by atoms with Crippen LogP contribution in [0.25, 0.3) is 22.6 Å². The molecule has 0 saturated heterocycles. The molecule has 3 heterocycles. The fraction of sp³-hybridized carbons (Fsp3) is 0.208. The Bertz CT molecular complexity index is 1280. The normalized spacial score (nSPS) is 12.6. The molecule has 1 aliphatic rings. The van der Waals surface area contributed by atoms with Gasteiger partial charge in [0.1, 0.15) is 11.6 Å². The van der Waals surface area contributed by atoms with Crippen LogP contribution in [0.2, 0.25) is 0 Å². The van der Waals surface area contributed by atoms with E-state index in [1.807, 2.05) is 49.5 Å². The van der Waals surface area contributed by atoms with Crippen LogP contribution in [0.4, 0.5) is 5.69 Å². The maximum absolute atomic E-state index is 12.9. The van der Waals surface area contributed by atoms with Crippen molar-refractivity contribution in [1.82, 2.24) is 15.0 Å². The lowest BCUT2D eigenvalue weighted by atomic mass is 10.0. The molecule has 0 atom stereocenters. The fourth-order valence-electron chi connectivity index (χ4n) is 3.91. The smallest absolute Gasteiger partial charge is 0.259 e. The maximum Gasteiger partial charge on any atom is 0.259 e. The summed E-state index contributed by atoms with van der Waals surface area (Å²) in [5.74, 6) is 1.27. The van der Waals surface area contributed by atoms with Gasteiger partial charge in [-0.05, 0) is 54.3 Å². The van der Waals surface area contributed by atoms with Crippen LogP contribution in [0.3, 0.4) is 0 Å². The van der Waals surface area contributed by atoms with Gasteiger partial charge in [0.25, 0.3) is 5.91 Å². The van der Waals surface area contributed by atoms with E-state index in [0.717, 1.165) is 46.4 Å². The minimum atomic E-state index is -0.175. The van der Waals surface area contributed by atoms with Crippen molar-refractivity contribution in [2.45, 2.75) is 26.7 Å². The van der Waals surface area contributed by atoms with E-state index in [1.165, 1.54) is 0 Å². The molecular weight excluding hydrogens is 376 g/mol. The Morgan fingerprint density at radius 3 is 3.00 bits per heavy atom. The molecule has 5 rings (SSSR count). The van der Waals surface area contributed by atoms with Gasteiger partial charge in [0.15, 0.2) is 5.65 Å². The number of nitrogens with one attached hydrogen (secondary N) is 2. The van der Waals surface area contributed by atoms with E-state index >= 15 is 0 Å². The predicted molar refractivity (Wildman–Crippen MR) is 117 cm³/mol. The number of rotatable bonds is 4. The summed E-state index contributed by atoms with van der Waals surface area (Å²) in [6.07, 6.45) is 3.50. The topological polar surface area (TPSA) is 79.9 Å². The molecule has 1 amide bonds. The number of hydrogen-bond acceptors (Lipinski definition) is 4. The lowest BCUT2D eigenvalue weighted by Gasteiger charge is -2.12. The van der Waals surface area contributed by atoms with E-state index < -0.39 is 0 Å². The largest absolute Gasteiger partial charge is 0.492 e. The first-order chi connectivity index (χ1) is 14.6. The second-order valence-electron chi connectivity index (χ2n) is 7.54. The standard InChI is InChI=1S/C24H22N4O2/c1-3-15-7-8-17(26-24(29)18-6-4-5-16-9-10-30-21(16)18)12-19(15)22-27-20-11-14(2)13-25-23(20)28-22/h4-8,11-13H,3,9-10H2,1-2H3,(H,26,29)(H,25,27,28). The van der Waals surface area contributed by atoms with Gasteiger partial charge in [-0.2, -0.15) is 0 Å². The summed E-state index contributed by atoms with van der Waals surface area (Å²) in [4.78, 5) is 25.4. The van der Waals surface area contributed by atoms with Crippen LogP contribution < -0.4 is 10.1 Å². The van der Waals surface area contributed by atoms with Crippen molar-refractivity contribution in [2.75, 3.05) is 11.9 Å². The Balaban J connectivity index is 1.50. The summed E-state index contributed by atoms with van der Waals surface area (Å²) < 4.78 is 5.68. The van der Waals surface area contributed by atoms with Crippen LogP contribution in [0.1, 0.15) is 34.0 Å². The monoisotopic (exact) mass is 398 g/mol. The fourth-order valence-corrected chi connectivity index (χ4v) is 3.91. The molecule has 0 radical (unpaired) electrons. The lowest BCUT2D eigenvalue weighted by molar-refractivity contribution is 0.102. The van der Waals surface area contributed by atoms with Crippen molar-refractivity contribution in [3.63, 3.8) is 0 Å². The summed E-state index contributed by atoms with van der Waals surface area (Å²) in [5, 5.41) is 3.02. The third-order valence-electron chi connectivity index (χ3n) is 5.44. The summed E-state index contributed by atoms with van der Waals surface area (Å²) in [6.45, 7) is 4.73. The molecule has 0 saturated carbocycles. The molecule has 150 valence electrons. The third-order valence-corrected chi connectivity index (χ3v) is 5.44. The molecule has 30 heavy (non-hydrogen) atoms. The average molecular weight is 398 g/mol. The van der Waals surface area contributed by atoms with Crippen LogP contribution >= 0.6 is 0 Å². The number of amides is 1. The van der Waals surface area contributed by atoms with E-state index in [4.69, 9.17) is 4.74 Å². The summed E-state index contributed by atoms with van der Waals surface area (Å²) in [7, 11) is 0. The highest BCUT2D eigenvalue weighted by Gasteiger charge is 2.21. The number of pyridine rings is 1. The lowest BCUT2D eigenvalue weighted by Crippen LogP contribution is -2.13. The quantitative estimate of drug-likeness (QED) is 0.523. The first-order valence-corrected chi connectivity index (χ1v) is 10.1. The summed E-state index contributed by atoms with van der Waals surface area (Å²) in [5.41, 5.74) is 7.12. The molecule has 0 fully saturated rings. The molecule has 1 aliphatic heterocycles. The number of H-pyrrole nitrogens is 1. The number of fused-ring (bicyclic) bond motifs is 2. The highest BCUT2D eigenvalue weighted by Crippen LogP contribution is 2.31. The van der Waals surface area contributed by atoms with Gasteiger partial charge in [-0.25, -0.2) is 9.97 Å². The van der Waals surface area contributed by atoms with Gasteiger partial charge in [-0.15, -0.1) is 0 Å². The molecule has 0 aliphatic carbocycles. The second kappa shape index (κ2) is 7.30. The minimum absolute atomic E-state index is 0.175. The Labute approximate surface area is 174 Å². The molecular formula is C24H22N4O2.